The zero-order valence-electron chi connectivity index (χ0n) is 39.0. The van der Waals surface area contributed by atoms with Crippen molar-refractivity contribution in [2.75, 3.05) is 4.90 Å². The van der Waals surface area contributed by atoms with Gasteiger partial charge in [-0.05, 0) is 181 Å². The summed E-state index contributed by atoms with van der Waals surface area (Å²) >= 11 is 0. The van der Waals surface area contributed by atoms with Gasteiger partial charge >= 0.3 is 0 Å². The standard InChI is InChI=1S/C67H55N/c1-66(2)62-22-11-9-19-58(62)60-21-13-20-56(65(60)66)49-28-30-52(31-29-49)68(53-32-34-55(61(41-53)47-16-7-4-8-17-47)48-26-24-46(25-27-48)45-14-5-3-6-15-45)54-33-35-59-57-18-10-12-23-63(57)67(64(59)42-54)50-37-43-36-44(39-50)40-51(67)38-43/h3-35,41-44,50-51H,36-40H2,1-2H3. The summed E-state index contributed by atoms with van der Waals surface area (Å²) in [5.41, 5.74) is 25.1. The van der Waals surface area contributed by atoms with Gasteiger partial charge < -0.3 is 4.90 Å². The van der Waals surface area contributed by atoms with Crippen molar-refractivity contribution in [1.82, 2.24) is 0 Å². The van der Waals surface area contributed by atoms with E-state index >= 15 is 0 Å². The zero-order chi connectivity index (χ0) is 45.1. The highest BCUT2D eigenvalue weighted by Gasteiger charge is 2.61. The molecule has 15 rings (SSSR count). The number of fused-ring (bicyclic) bond motifs is 6. The van der Waals surface area contributed by atoms with E-state index in [1.165, 1.54) is 116 Å². The van der Waals surface area contributed by atoms with Crippen LogP contribution in [0.4, 0.5) is 17.1 Å². The van der Waals surface area contributed by atoms with Crippen LogP contribution in [0.2, 0.25) is 0 Å². The summed E-state index contributed by atoms with van der Waals surface area (Å²) < 4.78 is 0. The number of rotatable bonds is 7. The number of hydrogen-bond acceptors (Lipinski definition) is 1. The maximum absolute atomic E-state index is 2.65. The molecule has 0 atom stereocenters. The summed E-state index contributed by atoms with van der Waals surface area (Å²) in [5.74, 6) is 3.19. The minimum Gasteiger partial charge on any atom is -0.310 e. The highest BCUT2D eigenvalue weighted by atomic mass is 15.1. The summed E-state index contributed by atoms with van der Waals surface area (Å²) in [4.78, 5) is 2.56. The first-order valence-electron chi connectivity index (χ1n) is 25.2. The number of hydrogen-bond donors (Lipinski definition) is 0. The molecule has 0 radical (unpaired) electrons. The molecule has 6 aliphatic carbocycles. The van der Waals surface area contributed by atoms with Gasteiger partial charge in [0.1, 0.15) is 0 Å². The van der Waals surface area contributed by atoms with E-state index in [0.29, 0.717) is 11.8 Å². The Balaban J connectivity index is 0.940. The Morgan fingerprint density at radius 3 is 1.47 bits per heavy atom. The monoisotopic (exact) mass is 873 g/mol. The van der Waals surface area contributed by atoms with Crippen molar-refractivity contribution in [1.29, 1.82) is 0 Å². The molecule has 6 aliphatic rings. The Bertz CT molecular complexity index is 3380. The fourth-order valence-electron chi connectivity index (χ4n) is 14.9. The molecule has 0 saturated heterocycles. The van der Waals surface area contributed by atoms with Crippen LogP contribution in [0.3, 0.4) is 0 Å². The van der Waals surface area contributed by atoms with Gasteiger partial charge in [0.15, 0.2) is 0 Å². The molecule has 328 valence electrons. The molecule has 0 aromatic heterocycles. The van der Waals surface area contributed by atoms with E-state index in [9.17, 15) is 0 Å². The van der Waals surface area contributed by atoms with Crippen LogP contribution in [0.1, 0.15) is 68.2 Å². The van der Waals surface area contributed by atoms with Crippen LogP contribution >= 0.6 is 0 Å². The zero-order valence-corrected chi connectivity index (χ0v) is 39.0. The predicted molar refractivity (Wildman–Crippen MR) is 284 cm³/mol. The van der Waals surface area contributed by atoms with Gasteiger partial charge in [-0.25, -0.2) is 0 Å². The normalized spacial score (nSPS) is 21.9. The second-order valence-corrected chi connectivity index (χ2v) is 21.3. The lowest BCUT2D eigenvalue weighted by molar-refractivity contribution is -0.0399. The van der Waals surface area contributed by atoms with Gasteiger partial charge in [0, 0.05) is 27.9 Å². The Hall–Kier alpha value is -7.22. The lowest BCUT2D eigenvalue weighted by Gasteiger charge is -2.61. The first-order valence-corrected chi connectivity index (χ1v) is 25.2. The van der Waals surface area contributed by atoms with Crippen LogP contribution < -0.4 is 4.90 Å². The van der Waals surface area contributed by atoms with Crippen LogP contribution in [-0.2, 0) is 10.8 Å². The first kappa shape index (κ1) is 39.9. The molecule has 1 heteroatoms. The third-order valence-electron chi connectivity index (χ3n) is 17.5. The largest absolute Gasteiger partial charge is 0.310 e. The van der Waals surface area contributed by atoms with Gasteiger partial charge in [-0.3, -0.25) is 0 Å². The lowest BCUT2D eigenvalue weighted by atomic mass is 9.43. The molecule has 9 aromatic rings. The van der Waals surface area contributed by atoms with Gasteiger partial charge in [-0.2, -0.15) is 0 Å². The van der Waals surface area contributed by atoms with Gasteiger partial charge in [-0.1, -0.05) is 190 Å². The van der Waals surface area contributed by atoms with E-state index in [1.807, 2.05) is 0 Å². The van der Waals surface area contributed by atoms with E-state index < -0.39 is 0 Å². The third kappa shape index (κ3) is 5.87. The van der Waals surface area contributed by atoms with Crippen molar-refractivity contribution in [2.24, 2.45) is 23.7 Å². The summed E-state index contributed by atoms with van der Waals surface area (Å²) in [6.07, 6.45) is 6.93. The average molecular weight is 874 g/mol. The Kier molecular flexibility index (Phi) is 8.89. The maximum Gasteiger partial charge on any atom is 0.0468 e. The highest BCUT2D eigenvalue weighted by Crippen LogP contribution is 2.69. The van der Waals surface area contributed by atoms with Crippen LogP contribution in [0.15, 0.2) is 212 Å². The second kappa shape index (κ2) is 15.1. The predicted octanol–water partition coefficient (Wildman–Crippen LogP) is 17.9. The van der Waals surface area contributed by atoms with Crippen molar-refractivity contribution in [3.63, 3.8) is 0 Å². The average Bonchev–Trinajstić information content (AvgIpc) is 3.81. The third-order valence-corrected chi connectivity index (χ3v) is 17.5. The molecule has 4 saturated carbocycles. The molecule has 9 aromatic carbocycles. The van der Waals surface area contributed by atoms with Crippen LogP contribution in [0.5, 0.6) is 0 Å². The van der Waals surface area contributed by atoms with Gasteiger partial charge in [0.2, 0.25) is 0 Å². The maximum atomic E-state index is 2.65. The number of anilines is 3. The minimum atomic E-state index is -0.0967. The Morgan fingerprint density at radius 1 is 0.324 bits per heavy atom. The summed E-state index contributed by atoms with van der Waals surface area (Å²) in [7, 11) is 0. The number of nitrogens with zero attached hydrogens (tertiary/aromatic N) is 1. The topological polar surface area (TPSA) is 3.24 Å². The van der Waals surface area contributed by atoms with Gasteiger partial charge in [0.05, 0.1) is 0 Å². The molecule has 0 amide bonds. The fourth-order valence-corrected chi connectivity index (χ4v) is 14.9. The molecule has 0 N–H and O–H groups in total. The molecular weight excluding hydrogens is 819 g/mol. The lowest BCUT2D eigenvalue weighted by Crippen LogP contribution is -2.55. The number of benzene rings is 9. The van der Waals surface area contributed by atoms with Crippen LogP contribution in [-0.4, -0.2) is 0 Å². The van der Waals surface area contributed by atoms with Gasteiger partial charge in [0.25, 0.3) is 0 Å². The van der Waals surface area contributed by atoms with Gasteiger partial charge in [-0.15, -0.1) is 0 Å². The molecule has 0 unspecified atom stereocenters. The van der Waals surface area contributed by atoms with Crippen molar-refractivity contribution in [3.05, 3.63) is 235 Å². The van der Waals surface area contributed by atoms with Crippen molar-refractivity contribution in [3.8, 4) is 66.8 Å². The van der Waals surface area contributed by atoms with E-state index in [0.717, 1.165) is 23.2 Å². The smallest absolute Gasteiger partial charge is 0.0468 e. The quantitative estimate of drug-likeness (QED) is 0.154. The first-order chi connectivity index (χ1) is 33.4. The molecule has 1 spiro atoms. The molecule has 4 fully saturated rings. The molecular formula is C67H55N. The van der Waals surface area contributed by atoms with Crippen molar-refractivity contribution in [2.45, 2.75) is 56.8 Å². The summed E-state index contributed by atoms with van der Waals surface area (Å²) in [6.45, 7) is 4.79. The van der Waals surface area contributed by atoms with Crippen molar-refractivity contribution >= 4 is 17.1 Å². The van der Waals surface area contributed by atoms with E-state index in [2.05, 4.69) is 231 Å². The Morgan fingerprint density at radius 2 is 0.779 bits per heavy atom. The molecule has 0 aliphatic heterocycles. The Labute approximate surface area is 401 Å². The van der Waals surface area contributed by atoms with Crippen LogP contribution in [0, 0.1) is 23.7 Å². The second-order valence-electron chi connectivity index (χ2n) is 21.3. The summed E-state index contributed by atoms with van der Waals surface area (Å²) in [6, 6.07) is 80.4. The van der Waals surface area contributed by atoms with E-state index in [1.54, 1.807) is 11.1 Å². The molecule has 4 bridgehead atoms. The minimum absolute atomic E-state index is 0.0773. The highest BCUT2D eigenvalue weighted by molar-refractivity contribution is 5.93. The summed E-state index contributed by atoms with van der Waals surface area (Å²) in [5, 5.41) is 0. The fraction of sp³-hybridized carbons (Fsp3) is 0.194. The molecule has 0 heterocycles. The van der Waals surface area contributed by atoms with E-state index in [-0.39, 0.29) is 10.8 Å². The van der Waals surface area contributed by atoms with Crippen molar-refractivity contribution < 1.29 is 0 Å². The van der Waals surface area contributed by atoms with Crippen LogP contribution in [0.25, 0.3) is 66.8 Å². The van der Waals surface area contributed by atoms with E-state index in [4.69, 9.17) is 0 Å². The molecule has 1 nitrogen and oxygen atoms in total. The SMILES string of the molecule is CC1(C)c2ccccc2-c2cccc(-c3ccc(N(c4ccc(-c5ccc(-c6ccccc6)cc5)c(-c5ccccc5)c4)c4ccc5c(c4)C4(c6ccccc6-5)C5CC6CC(C5)CC4C6)cc3)c21. The molecule has 68 heavy (non-hydrogen) atoms.